The Morgan fingerprint density at radius 3 is 2.60 bits per heavy atom. The highest BCUT2D eigenvalue weighted by Crippen LogP contribution is 2.23. The van der Waals surface area contributed by atoms with Crippen LogP contribution in [0.3, 0.4) is 0 Å². The average Bonchev–Trinajstić information content (AvgIpc) is 2.58. The number of nitriles is 1. The monoisotopic (exact) mass is 344 g/mol. The van der Waals surface area contributed by atoms with Crippen molar-refractivity contribution in [3.63, 3.8) is 0 Å². The molecule has 0 radical (unpaired) electrons. The van der Waals surface area contributed by atoms with Crippen molar-refractivity contribution in [1.29, 1.82) is 5.26 Å². The van der Waals surface area contributed by atoms with Gasteiger partial charge in [-0.15, -0.1) is 0 Å². The zero-order valence-corrected chi connectivity index (χ0v) is 15.3. The summed E-state index contributed by atoms with van der Waals surface area (Å²) in [6, 6.07) is 10.4. The van der Waals surface area contributed by atoms with E-state index in [0.29, 0.717) is 12.6 Å². The van der Waals surface area contributed by atoms with E-state index in [0.717, 1.165) is 43.7 Å². The molecule has 0 aromatic heterocycles. The van der Waals surface area contributed by atoms with Gasteiger partial charge in [0.25, 0.3) is 0 Å². The maximum absolute atomic E-state index is 11.6. The van der Waals surface area contributed by atoms with Gasteiger partial charge in [-0.05, 0) is 45.7 Å². The van der Waals surface area contributed by atoms with Gasteiger partial charge >= 0.3 is 6.09 Å². The van der Waals surface area contributed by atoms with Crippen LogP contribution in [0.5, 0.6) is 0 Å². The number of alkyl carbamates (subject to hydrolysis) is 1. The SMILES string of the molecule is CC(C)(C)OC(=O)NCCNC1CCN(c2ccccc2C#N)CC1. The maximum atomic E-state index is 11.6. The fourth-order valence-electron chi connectivity index (χ4n) is 2.92. The molecule has 2 N–H and O–H groups in total. The predicted octanol–water partition coefficient (Wildman–Crippen LogP) is 2.64. The van der Waals surface area contributed by atoms with Crippen LogP contribution in [0.1, 0.15) is 39.2 Å². The van der Waals surface area contributed by atoms with Gasteiger partial charge in [-0.2, -0.15) is 5.26 Å². The normalized spacial score (nSPS) is 15.5. The molecule has 0 unspecified atom stereocenters. The lowest BCUT2D eigenvalue weighted by Gasteiger charge is -2.34. The van der Waals surface area contributed by atoms with Crippen LogP contribution < -0.4 is 15.5 Å². The first kappa shape index (κ1) is 19.1. The number of anilines is 1. The Labute approximate surface area is 150 Å². The molecule has 0 aliphatic carbocycles. The van der Waals surface area contributed by atoms with Crippen LogP contribution in [0.25, 0.3) is 0 Å². The number of amides is 1. The molecular weight excluding hydrogens is 316 g/mol. The van der Waals surface area contributed by atoms with Crippen LogP contribution in [-0.4, -0.2) is 43.9 Å². The lowest BCUT2D eigenvalue weighted by Crippen LogP contribution is -2.45. The fraction of sp³-hybridized carbons (Fsp3) is 0.579. The standard InChI is InChI=1S/C19H28N4O2/c1-19(2,3)25-18(24)22-11-10-21-16-8-12-23(13-9-16)17-7-5-4-6-15(17)14-20/h4-7,16,21H,8-13H2,1-3H3,(H,22,24). The lowest BCUT2D eigenvalue weighted by molar-refractivity contribution is 0.0528. The summed E-state index contributed by atoms with van der Waals surface area (Å²) in [6.07, 6.45) is 1.66. The molecule has 6 nitrogen and oxygen atoms in total. The summed E-state index contributed by atoms with van der Waals surface area (Å²) in [5.41, 5.74) is 1.29. The first-order valence-corrected chi connectivity index (χ1v) is 8.83. The van der Waals surface area contributed by atoms with Gasteiger partial charge in [0.2, 0.25) is 0 Å². The summed E-state index contributed by atoms with van der Waals surface area (Å²) >= 11 is 0. The van der Waals surface area contributed by atoms with Gasteiger partial charge in [0.05, 0.1) is 11.3 Å². The minimum absolute atomic E-state index is 0.378. The van der Waals surface area contributed by atoms with Gasteiger partial charge in [0, 0.05) is 32.2 Å². The highest BCUT2D eigenvalue weighted by Gasteiger charge is 2.20. The van der Waals surface area contributed by atoms with Gasteiger partial charge < -0.3 is 20.3 Å². The molecule has 1 heterocycles. The number of carbonyl (C=O) groups excluding carboxylic acids is 1. The number of piperidine rings is 1. The van der Waals surface area contributed by atoms with Crippen LogP contribution in [0.2, 0.25) is 0 Å². The summed E-state index contributed by atoms with van der Waals surface area (Å²) < 4.78 is 5.20. The van der Waals surface area contributed by atoms with Crippen LogP contribution in [0, 0.1) is 11.3 Å². The van der Waals surface area contributed by atoms with Crippen molar-refractivity contribution >= 4 is 11.8 Å². The number of rotatable bonds is 5. The van der Waals surface area contributed by atoms with Crippen molar-refractivity contribution in [2.75, 3.05) is 31.1 Å². The fourth-order valence-corrected chi connectivity index (χ4v) is 2.92. The van der Waals surface area contributed by atoms with Gasteiger partial charge in [-0.3, -0.25) is 0 Å². The van der Waals surface area contributed by atoms with E-state index < -0.39 is 5.60 Å². The highest BCUT2D eigenvalue weighted by molar-refractivity contribution is 5.67. The number of nitrogens with zero attached hydrogens (tertiary/aromatic N) is 2. The minimum Gasteiger partial charge on any atom is -0.444 e. The Hall–Kier alpha value is -2.26. The number of ether oxygens (including phenoxy) is 1. The van der Waals surface area contributed by atoms with Crippen molar-refractivity contribution in [2.45, 2.75) is 45.3 Å². The third kappa shape index (κ3) is 6.28. The Kier molecular flexibility index (Phi) is 6.65. The van der Waals surface area contributed by atoms with Crippen LogP contribution in [0.4, 0.5) is 10.5 Å². The van der Waals surface area contributed by atoms with Crippen molar-refractivity contribution < 1.29 is 9.53 Å². The largest absolute Gasteiger partial charge is 0.444 e. The molecule has 0 spiro atoms. The first-order valence-electron chi connectivity index (χ1n) is 8.83. The molecule has 6 heteroatoms. The summed E-state index contributed by atoms with van der Waals surface area (Å²) in [7, 11) is 0. The summed E-state index contributed by atoms with van der Waals surface area (Å²) in [5, 5.41) is 15.5. The second-order valence-electron chi connectivity index (χ2n) is 7.27. The predicted molar refractivity (Wildman–Crippen MR) is 98.6 cm³/mol. The molecular formula is C19H28N4O2. The Balaban J connectivity index is 1.68. The molecule has 1 aromatic carbocycles. The van der Waals surface area contributed by atoms with E-state index in [2.05, 4.69) is 21.6 Å². The average molecular weight is 344 g/mol. The number of benzene rings is 1. The van der Waals surface area contributed by atoms with Crippen molar-refractivity contribution in [3.05, 3.63) is 29.8 Å². The van der Waals surface area contributed by atoms with Crippen LogP contribution >= 0.6 is 0 Å². The lowest BCUT2D eigenvalue weighted by atomic mass is 10.0. The van der Waals surface area contributed by atoms with Crippen LogP contribution in [0.15, 0.2) is 24.3 Å². The molecule has 25 heavy (non-hydrogen) atoms. The Morgan fingerprint density at radius 2 is 1.96 bits per heavy atom. The van der Waals surface area contributed by atoms with Crippen molar-refractivity contribution in [1.82, 2.24) is 10.6 Å². The first-order chi connectivity index (χ1) is 11.9. The number of para-hydroxylation sites is 1. The zero-order chi connectivity index (χ0) is 18.3. The molecule has 1 aliphatic rings. The number of hydrogen-bond donors (Lipinski definition) is 2. The van der Waals surface area contributed by atoms with E-state index in [4.69, 9.17) is 4.74 Å². The molecule has 1 aromatic rings. The van der Waals surface area contributed by atoms with E-state index in [1.807, 2.05) is 45.0 Å². The Bertz CT molecular complexity index is 611. The molecule has 0 atom stereocenters. The molecule has 136 valence electrons. The molecule has 1 fully saturated rings. The van der Waals surface area contributed by atoms with Crippen molar-refractivity contribution in [2.24, 2.45) is 0 Å². The van der Waals surface area contributed by atoms with E-state index >= 15 is 0 Å². The van der Waals surface area contributed by atoms with E-state index in [1.165, 1.54) is 0 Å². The number of carbonyl (C=O) groups is 1. The minimum atomic E-state index is -0.468. The Morgan fingerprint density at radius 1 is 1.28 bits per heavy atom. The van der Waals surface area contributed by atoms with Gasteiger partial charge in [-0.25, -0.2) is 4.79 Å². The van der Waals surface area contributed by atoms with E-state index in [-0.39, 0.29) is 6.09 Å². The summed E-state index contributed by atoms with van der Waals surface area (Å²) in [4.78, 5) is 13.8. The second kappa shape index (κ2) is 8.72. The van der Waals surface area contributed by atoms with Gasteiger partial charge in [-0.1, -0.05) is 12.1 Å². The van der Waals surface area contributed by atoms with Crippen molar-refractivity contribution in [3.8, 4) is 6.07 Å². The zero-order valence-electron chi connectivity index (χ0n) is 15.3. The van der Waals surface area contributed by atoms with E-state index in [1.54, 1.807) is 0 Å². The summed E-state index contributed by atoms with van der Waals surface area (Å²) in [5.74, 6) is 0. The smallest absolute Gasteiger partial charge is 0.407 e. The third-order valence-electron chi connectivity index (χ3n) is 4.09. The third-order valence-corrected chi connectivity index (χ3v) is 4.09. The van der Waals surface area contributed by atoms with Gasteiger partial charge in [0.15, 0.2) is 0 Å². The second-order valence-corrected chi connectivity index (χ2v) is 7.27. The highest BCUT2D eigenvalue weighted by atomic mass is 16.6. The number of nitrogens with one attached hydrogen (secondary N) is 2. The molecule has 2 rings (SSSR count). The molecule has 0 bridgehead atoms. The number of hydrogen-bond acceptors (Lipinski definition) is 5. The topological polar surface area (TPSA) is 77.4 Å². The van der Waals surface area contributed by atoms with Crippen LogP contribution in [-0.2, 0) is 4.74 Å². The molecule has 1 saturated heterocycles. The molecule has 0 saturated carbocycles. The summed E-state index contributed by atoms with van der Waals surface area (Å²) in [6.45, 7) is 8.67. The molecule has 1 aliphatic heterocycles. The van der Waals surface area contributed by atoms with Gasteiger partial charge in [0.1, 0.15) is 11.7 Å². The van der Waals surface area contributed by atoms with E-state index in [9.17, 15) is 10.1 Å². The molecule has 1 amide bonds. The maximum Gasteiger partial charge on any atom is 0.407 e. The quantitative estimate of drug-likeness (QED) is 0.803.